The van der Waals surface area contributed by atoms with Crippen LogP contribution in [0.3, 0.4) is 0 Å². The molecule has 3 unspecified atom stereocenters. The minimum absolute atomic E-state index is 0.322. The first-order chi connectivity index (χ1) is 7.83. The first-order valence-electron chi connectivity index (χ1n) is 6.52. The van der Waals surface area contributed by atoms with Crippen molar-refractivity contribution in [3.63, 3.8) is 0 Å². The Kier molecular flexibility index (Phi) is 2.51. The highest BCUT2D eigenvalue weighted by Crippen LogP contribution is 2.61. The van der Waals surface area contributed by atoms with Crippen molar-refractivity contribution in [1.29, 1.82) is 0 Å². The normalized spacial score (nSPS) is 33.8. The molecule has 0 amide bonds. The van der Waals surface area contributed by atoms with Crippen LogP contribution in [0.2, 0.25) is 0 Å². The van der Waals surface area contributed by atoms with Crippen LogP contribution in [0.4, 0.5) is 0 Å². The average Bonchev–Trinajstić information content (AvgIpc) is 2.73. The summed E-state index contributed by atoms with van der Waals surface area (Å²) in [6, 6.07) is 0. The van der Waals surface area contributed by atoms with Crippen molar-refractivity contribution in [3.05, 3.63) is 18.2 Å². The van der Waals surface area contributed by atoms with Crippen molar-refractivity contribution in [2.24, 2.45) is 17.8 Å². The lowest BCUT2D eigenvalue weighted by Crippen LogP contribution is -2.12. The van der Waals surface area contributed by atoms with Crippen LogP contribution in [0.25, 0.3) is 0 Å². The minimum Gasteiger partial charge on any atom is -0.385 e. The molecular weight excluding hydrogens is 200 g/mol. The summed E-state index contributed by atoms with van der Waals surface area (Å²) in [5.74, 6) is 2.98. The molecule has 3 rings (SSSR count). The molecule has 2 aliphatic rings. The van der Waals surface area contributed by atoms with Crippen LogP contribution in [0, 0.1) is 17.8 Å². The van der Waals surface area contributed by atoms with E-state index in [1.807, 2.05) is 12.4 Å². The van der Waals surface area contributed by atoms with Gasteiger partial charge in [0.1, 0.15) is 11.9 Å². The number of hydrogen-bond acceptors (Lipinski definition) is 2. The van der Waals surface area contributed by atoms with E-state index in [1.165, 1.54) is 19.3 Å². The highest BCUT2D eigenvalue weighted by Gasteiger charge is 2.56. The molecule has 0 radical (unpaired) electrons. The van der Waals surface area contributed by atoms with Crippen molar-refractivity contribution in [2.45, 2.75) is 45.3 Å². The van der Waals surface area contributed by atoms with Gasteiger partial charge in [0.15, 0.2) is 0 Å². The third-order valence-electron chi connectivity index (χ3n) is 4.31. The topological polar surface area (TPSA) is 38.0 Å². The van der Waals surface area contributed by atoms with E-state index in [9.17, 15) is 5.11 Å². The number of aryl methyl sites for hydroxylation is 1. The molecule has 88 valence electrons. The predicted molar refractivity (Wildman–Crippen MR) is 61.8 cm³/mol. The van der Waals surface area contributed by atoms with Crippen molar-refractivity contribution in [3.8, 4) is 0 Å². The van der Waals surface area contributed by atoms with Crippen molar-refractivity contribution in [1.82, 2.24) is 9.55 Å². The van der Waals surface area contributed by atoms with Gasteiger partial charge in [-0.1, -0.05) is 13.3 Å². The quantitative estimate of drug-likeness (QED) is 0.846. The fraction of sp³-hybridized carbons (Fsp3) is 0.769. The molecule has 3 nitrogen and oxygen atoms in total. The summed E-state index contributed by atoms with van der Waals surface area (Å²) in [5, 5.41) is 10.4. The van der Waals surface area contributed by atoms with Gasteiger partial charge in [-0.25, -0.2) is 4.98 Å². The Morgan fingerprint density at radius 2 is 2.25 bits per heavy atom. The van der Waals surface area contributed by atoms with Gasteiger partial charge in [-0.2, -0.15) is 0 Å². The van der Waals surface area contributed by atoms with Gasteiger partial charge in [0.25, 0.3) is 0 Å². The summed E-state index contributed by atoms with van der Waals surface area (Å²) in [7, 11) is 0. The van der Waals surface area contributed by atoms with Gasteiger partial charge in [-0.05, 0) is 37.0 Å². The second-order valence-corrected chi connectivity index (χ2v) is 5.26. The molecule has 2 saturated carbocycles. The number of aromatic nitrogens is 2. The molecule has 0 aliphatic heterocycles. The van der Waals surface area contributed by atoms with Crippen LogP contribution >= 0.6 is 0 Å². The van der Waals surface area contributed by atoms with Gasteiger partial charge in [0.05, 0.1) is 0 Å². The number of rotatable bonds is 4. The third-order valence-corrected chi connectivity index (χ3v) is 4.31. The molecule has 2 aliphatic carbocycles. The molecule has 0 saturated heterocycles. The first kappa shape index (κ1) is 10.3. The summed E-state index contributed by atoms with van der Waals surface area (Å²) in [6.07, 6.45) is 8.57. The van der Waals surface area contributed by atoms with Crippen LogP contribution in [0.1, 0.15) is 44.5 Å². The van der Waals surface area contributed by atoms with E-state index >= 15 is 0 Å². The second-order valence-electron chi connectivity index (χ2n) is 5.26. The number of hydrogen-bond donors (Lipinski definition) is 1. The Hall–Kier alpha value is -0.830. The van der Waals surface area contributed by atoms with Crippen LogP contribution in [-0.4, -0.2) is 14.7 Å². The maximum absolute atomic E-state index is 10.4. The van der Waals surface area contributed by atoms with E-state index in [1.54, 1.807) is 0 Å². The minimum atomic E-state index is -0.322. The largest absolute Gasteiger partial charge is 0.385 e. The maximum Gasteiger partial charge on any atom is 0.137 e. The molecule has 0 aromatic carbocycles. The van der Waals surface area contributed by atoms with Gasteiger partial charge in [0.2, 0.25) is 0 Å². The molecule has 1 N–H and O–H groups in total. The summed E-state index contributed by atoms with van der Waals surface area (Å²) in [4.78, 5) is 4.34. The Morgan fingerprint density at radius 3 is 2.94 bits per heavy atom. The molecule has 2 fully saturated rings. The maximum atomic E-state index is 10.4. The SMILES string of the molecule is CCCn1ccnc1C(O)C1C2CCCC21. The summed E-state index contributed by atoms with van der Waals surface area (Å²) < 4.78 is 2.11. The second kappa shape index (κ2) is 3.88. The molecule has 1 heterocycles. The lowest BCUT2D eigenvalue weighted by molar-refractivity contribution is 0.123. The number of aliphatic hydroxyl groups is 1. The number of aliphatic hydroxyl groups excluding tert-OH is 1. The van der Waals surface area contributed by atoms with E-state index in [2.05, 4.69) is 16.5 Å². The molecular formula is C13H20N2O. The molecule has 1 aromatic heterocycles. The van der Waals surface area contributed by atoms with Crippen LogP contribution in [-0.2, 0) is 6.54 Å². The Labute approximate surface area is 96.5 Å². The van der Waals surface area contributed by atoms with Crippen molar-refractivity contribution in [2.75, 3.05) is 0 Å². The van der Waals surface area contributed by atoms with Gasteiger partial charge in [-0.15, -0.1) is 0 Å². The van der Waals surface area contributed by atoms with Crippen molar-refractivity contribution >= 4 is 0 Å². The van der Waals surface area contributed by atoms with E-state index in [-0.39, 0.29) is 6.10 Å². The summed E-state index contributed by atoms with van der Waals surface area (Å²) in [5.41, 5.74) is 0. The number of nitrogens with zero attached hydrogens (tertiary/aromatic N) is 2. The summed E-state index contributed by atoms with van der Waals surface area (Å²) >= 11 is 0. The number of fused-ring (bicyclic) bond motifs is 1. The highest BCUT2D eigenvalue weighted by molar-refractivity contribution is 5.10. The predicted octanol–water partition coefficient (Wildman–Crippen LogP) is 2.37. The zero-order valence-electron chi connectivity index (χ0n) is 9.84. The van der Waals surface area contributed by atoms with E-state index < -0.39 is 0 Å². The van der Waals surface area contributed by atoms with E-state index in [4.69, 9.17) is 0 Å². The van der Waals surface area contributed by atoms with Gasteiger partial charge in [0, 0.05) is 18.9 Å². The standard InChI is InChI=1S/C13H20N2O/c1-2-7-15-8-6-14-13(15)12(16)11-9-4-3-5-10(9)11/h6,8-12,16H,2-5,7H2,1H3. The van der Waals surface area contributed by atoms with E-state index in [0.717, 1.165) is 30.6 Å². The van der Waals surface area contributed by atoms with Crippen LogP contribution in [0.15, 0.2) is 12.4 Å². The monoisotopic (exact) mass is 220 g/mol. The Morgan fingerprint density at radius 1 is 1.50 bits per heavy atom. The smallest absolute Gasteiger partial charge is 0.137 e. The van der Waals surface area contributed by atoms with Gasteiger partial charge < -0.3 is 9.67 Å². The Bertz CT molecular complexity index is 364. The summed E-state index contributed by atoms with van der Waals surface area (Å²) in [6.45, 7) is 3.12. The first-order valence-corrected chi connectivity index (χ1v) is 6.52. The fourth-order valence-electron chi connectivity index (χ4n) is 3.53. The molecule has 3 heteroatoms. The molecule has 0 bridgehead atoms. The Balaban J connectivity index is 1.74. The van der Waals surface area contributed by atoms with E-state index in [0.29, 0.717) is 5.92 Å². The van der Waals surface area contributed by atoms with Crippen LogP contribution < -0.4 is 0 Å². The zero-order valence-corrected chi connectivity index (χ0v) is 9.84. The van der Waals surface area contributed by atoms with Gasteiger partial charge >= 0.3 is 0 Å². The third kappa shape index (κ3) is 1.49. The highest BCUT2D eigenvalue weighted by atomic mass is 16.3. The van der Waals surface area contributed by atoms with Crippen molar-refractivity contribution < 1.29 is 5.11 Å². The molecule has 3 atom stereocenters. The lowest BCUT2D eigenvalue weighted by Gasteiger charge is -2.14. The number of imidazole rings is 1. The molecule has 1 aromatic rings. The van der Waals surface area contributed by atoms with Gasteiger partial charge in [-0.3, -0.25) is 0 Å². The zero-order chi connectivity index (χ0) is 11.1. The average molecular weight is 220 g/mol. The van der Waals surface area contributed by atoms with Crippen LogP contribution in [0.5, 0.6) is 0 Å². The lowest BCUT2D eigenvalue weighted by atomic mass is 10.1. The fourth-order valence-corrected chi connectivity index (χ4v) is 3.53. The molecule has 16 heavy (non-hydrogen) atoms. The molecule has 0 spiro atoms.